The predicted octanol–water partition coefficient (Wildman–Crippen LogP) is 6.99. The third-order valence-corrected chi connectivity index (χ3v) is 6.73. The van der Waals surface area contributed by atoms with Crippen LogP contribution in [0, 0.1) is 11.8 Å². The van der Waals surface area contributed by atoms with E-state index in [2.05, 4.69) is 44.8 Å². The minimum Gasteiger partial charge on any atom is -0.118 e. The summed E-state index contributed by atoms with van der Waals surface area (Å²) in [5, 5.41) is 0. The molecule has 0 saturated heterocycles. The van der Waals surface area contributed by atoms with Crippen molar-refractivity contribution in [2.24, 2.45) is 11.8 Å². The van der Waals surface area contributed by atoms with Crippen LogP contribution in [0.3, 0.4) is 0 Å². The zero-order valence-corrected chi connectivity index (χ0v) is 15.9. The highest BCUT2D eigenvalue weighted by Gasteiger charge is 2.13. The first-order valence-corrected chi connectivity index (χ1v) is 11.0. The molecule has 1 fully saturated rings. The molecule has 0 amide bonds. The average molecular weight is 318 g/mol. The highest BCUT2D eigenvalue weighted by Crippen LogP contribution is 2.31. The quantitative estimate of drug-likeness (QED) is 0.453. The molecular formula is C21H35P. The summed E-state index contributed by atoms with van der Waals surface area (Å²) >= 11 is 0. The van der Waals surface area contributed by atoms with Gasteiger partial charge in [-0.05, 0) is 41.7 Å². The van der Waals surface area contributed by atoms with Crippen LogP contribution in [-0.2, 0) is 6.42 Å². The van der Waals surface area contributed by atoms with Crippen LogP contribution in [0.5, 0.6) is 0 Å². The Bertz CT molecular complexity index is 402. The van der Waals surface area contributed by atoms with Crippen molar-refractivity contribution in [1.29, 1.82) is 0 Å². The van der Waals surface area contributed by atoms with E-state index in [0.717, 1.165) is 26.1 Å². The normalized spacial score (nSPS) is 19.6. The van der Waals surface area contributed by atoms with Crippen LogP contribution >= 0.6 is 8.58 Å². The molecule has 22 heavy (non-hydrogen) atoms. The van der Waals surface area contributed by atoms with E-state index in [0.29, 0.717) is 0 Å². The van der Waals surface area contributed by atoms with Crippen LogP contribution in [0.1, 0.15) is 82.0 Å². The highest BCUT2D eigenvalue weighted by molar-refractivity contribution is 7.37. The number of benzene rings is 1. The van der Waals surface area contributed by atoms with Gasteiger partial charge < -0.3 is 0 Å². The van der Waals surface area contributed by atoms with E-state index in [1.54, 1.807) is 0 Å². The second-order valence-corrected chi connectivity index (χ2v) is 8.94. The molecule has 0 N–H and O–H groups in total. The Hall–Kier alpha value is -0.350. The van der Waals surface area contributed by atoms with Crippen molar-refractivity contribution in [3.05, 3.63) is 35.4 Å². The molecule has 0 spiro atoms. The van der Waals surface area contributed by atoms with Gasteiger partial charge in [-0.2, -0.15) is 0 Å². The van der Waals surface area contributed by atoms with Gasteiger partial charge in [0.1, 0.15) is 0 Å². The first-order chi connectivity index (χ1) is 10.7. The molecule has 0 nitrogen and oxygen atoms in total. The smallest absolute Gasteiger partial charge is 0.00167 e. The maximum absolute atomic E-state index is 2.44. The SMILES string of the molecule is CPC(C)c1ccc(CC(C)CCCC2CCCCC2)cc1. The summed E-state index contributed by atoms with van der Waals surface area (Å²) in [4.78, 5) is 0. The molecule has 1 aromatic rings. The van der Waals surface area contributed by atoms with E-state index in [1.165, 1.54) is 68.9 Å². The van der Waals surface area contributed by atoms with Crippen molar-refractivity contribution in [3.63, 3.8) is 0 Å². The lowest BCUT2D eigenvalue weighted by Gasteiger charge is -2.22. The van der Waals surface area contributed by atoms with Gasteiger partial charge in [-0.3, -0.25) is 0 Å². The summed E-state index contributed by atoms with van der Waals surface area (Å²) < 4.78 is 0. The van der Waals surface area contributed by atoms with Crippen molar-refractivity contribution in [1.82, 2.24) is 0 Å². The van der Waals surface area contributed by atoms with Gasteiger partial charge in [-0.15, -0.1) is 8.58 Å². The van der Waals surface area contributed by atoms with E-state index in [-0.39, 0.29) is 0 Å². The molecule has 0 heterocycles. The molecule has 0 radical (unpaired) electrons. The summed E-state index contributed by atoms with van der Waals surface area (Å²) in [7, 11) is 1.00. The topological polar surface area (TPSA) is 0 Å². The predicted molar refractivity (Wildman–Crippen MR) is 102 cm³/mol. The van der Waals surface area contributed by atoms with Crippen LogP contribution in [0.4, 0.5) is 0 Å². The van der Waals surface area contributed by atoms with E-state index < -0.39 is 0 Å². The maximum Gasteiger partial charge on any atom is -0.00167 e. The fraction of sp³-hybridized carbons (Fsp3) is 0.714. The Morgan fingerprint density at radius 3 is 2.36 bits per heavy atom. The lowest BCUT2D eigenvalue weighted by molar-refractivity contribution is 0.320. The molecule has 3 unspecified atom stereocenters. The Morgan fingerprint density at radius 2 is 1.73 bits per heavy atom. The van der Waals surface area contributed by atoms with Gasteiger partial charge in [0.15, 0.2) is 0 Å². The van der Waals surface area contributed by atoms with Crippen LogP contribution in [-0.4, -0.2) is 6.66 Å². The van der Waals surface area contributed by atoms with Crippen LogP contribution in [0.25, 0.3) is 0 Å². The average Bonchev–Trinajstić information content (AvgIpc) is 2.56. The summed E-state index contributed by atoms with van der Waals surface area (Å²) in [6.45, 7) is 7.07. The van der Waals surface area contributed by atoms with Gasteiger partial charge in [0, 0.05) is 0 Å². The highest BCUT2D eigenvalue weighted by atomic mass is 31.1. The van der Waals surface area contributed by atoms with Gasteiger partial charge in [0.2, 0.25) is 0 Å². The molecule has 0 aromatic heterocycles. The van der Waals surface area contributed by atoms with Crippen LogP contribution in [0.2, 0.25) is 0 Å². The fourth-order valence-corrected chi connectivity index (χ4v) is 4.37. The molecule has 3 atom stereocenters. The Morgan fingerprint density at radius 1 is 1.05 bits per heavy atom. The van der Waals surface area contributed by atoms with Gasteiger partial charge in [0.25, 0.3) is 0 Å². The first-order valence-electron chi connectivity index (χ1n) is 9.45. The Balaban J connectivity index is 1.68. The number of hydrogen-bond acceptors (Lipinski definition) is 0. The minimum absolute atomic E-state index is 0.724. The second-order valence-electron chi connectivity index (χ2n) is 7.50. The van der Waals surface area contributed by atoms with E-state index in [1.807, 2.05) is 0 Å². The maximum atomic E-state index is 2.44. The monoisotopic (exact) mass is 318 g/mol. The molecule has 1 aromatic carbocycles. The van der Waals surface area contributed by atoms with Crippen molar-refractivity contribution in [3.8, 4) is 0 Å². The molecule has 124 valence electrons. The number of rotatable bonds is 8. The molecule has 1 heteroatoms. The van der Waals surface area contributed by atoms with Crippen molar-refractivity contribution >= 4 is 8.58 Å². The Labute approximate surface area is 140 Å². The Kier molecular flexibility index (Phi) is 7.95. The largest absolute Gasteiger partial charge is 0.118 e. The molecule has 0 bridgehead atoms. The molecular weight excluding hydrogens is 283 g/mol. The molecule has 1 aliphatic rings. The summed E-state index contributed by atoms with van der Waals surface area (Å²) in [5.74, 6) is 1.89. The summed E-state index contributed by atoms with van der Waals surface area (Å²) in [6, 6.07) is 9.43. The lowest BCUT2D eigenvalue weighted by Crippen LogP contribution is -2.07. The fourth-order valence-electron chi connectivity index (χ4n) is 3.84. The van der Waals surface area contributed by atoms with Crippen molar-refractivity contribution in [2.75, 3.05) is 6.66 Å². The van der Waals surface area contributed by atoms with E-state index in [9.17, 15) is 0 Å². The number of hydrogen-bond donors (Lipinski definition) is 0. The zero-order chi connectivity index (χ0) is 15.8. The minimum atomic E-state index is 0.724. The lowest BCUT2D eigenvalue weighted by atomic mass is 9.84. The van der Waals surface area contributed by atoms with Crippen molar-refractivity contribution in [2.45, 2.75) is 77.3 Å². The molecule has 0 aliphatic heterocycles. The van der Waals surface area contributed by atoms with E-state index >= 15 is 0 Å². The molecule has 1 saturated carbocycles. The first kappa shape index (κ1) is 18.0. The second kappa shape index (κ2) is 9.71. The molecule has 1 aliphatic carbocycles. The van der Waals surface area contributed by atoms with E-state index in [4.69, 9.17) is 0 Å². The summed E-state index contributed by atoms with van der Waals surface area (Å²) in [5.41, 5.74) is 3.76. The zero-order valence-electron chi connectivity index (χ0n) is 14.9. The van der Waals surface area contributed by atoms with Gasteiger partial charge in [-0.25, -0.2) is 0 Å². The third-order valence-electron chi connectivity index (χ3n) is 5.53. The van der Waals surface area contributed by atoms with Crippen LogP contribution in [0.15, 0.2) is 24.3 Å². The molecule has 2 rings (SSSR count). The van der Waals surface area contributed by atoms with Gasteiger partial charge in [-0.1, -0.05) is 89.5 Å². The third kappa shape index (κ3) is 6.04. The van der Waals surface area contributed by atoms with Crippen LogP contribution < -0.4 is 0 Å². The van der Waals surface area contributed by atoms with Gasteiger partial charge in [0.05, 0.1) is 0 Å². The summed E-state index contributed by atoms with van der Waals surface area (Å²) in [6.07, 6.45) is 13.1. The van der Waals surface area contributed by atoms with Gasteiger partial charge >= 0.3 is 0 Å². The van der Waals surface area contributed by atoms with Crippen molar-refractivity contribution < 1.29 is 0 Å². The standard InChI is InChI=1S/C21H35P/c1-17(8-7-11-19-9-5-4-6-10-19)16-20-12-14-21(15-13-20)18(2)22-3/h12-15,17-19,22H,4-11,16H2,1-3H3.